The zero-order valence-corrected chi connectivity index (χ0v) is 11.0. The Balaban J connectivity index is 2.14. The van der Waals surface area contributed by atoms with Gasteiger partial charge in [-0.2, -0.15) is 0 Å². The van der Waals surface area contributed by atoms with Gasteiger partial charge in [0.2, 0.25) is 0 Å². The van der Waals surface area contributed by atoms with Gasteiger partial charge in [0.25, 0.3) is 0 Å². The fourth-order valence-corrected chi connectivity index (χ4v) is 2.09. The van der Waals surface area contributed by atoms with Crippen molar-refractivity contribution in [3.8, 4) is 11.4 Å². The summed E-state index contributed by atoms with van der Waals surface area (Å²) in [6, 6.07) is 11.5. The fourth-order valence-electron chi connectivity index (χ4n) is 2.09. The number of benzene rings is 2. The average molecular weight is 253 g/mol. The van der Waals surface area contributed by atoms with Crippen LogP contribution < -0.4 is 0 Å². The largest absolute Gasteiger partial charge is 0.506 e. The van der Waals surface area contributed by atoms with Crippen molar-refractivity contribution in [3.05, 3.63) is 47.5 Å². The molecule has 0 saturated carbocycles. The number of hydrogen-bond donors (Lipinski definition) is 1. The van der Waals surface area contributed by atoms with E-state index in [9.17, 15) is 5.11 Å². The van der Waals surface area contributed by atoms with Gasteiger partial charge in [0, 0.05) is 0 Å². The summed E-state index contributed by atoms with van der Waals surface area (Å²) in [6.45, 7) is 4.04. The highest BCUT2D eigenvalue weighted by atomic mass is 16.3. The number of rotatable bonds is 2. The molecule has 19 heavy (non-hydrogen) atoms. The molecule has 96 valence electrons. The lowest BCUT2D eigenvalue weighted by atomic mass is 10.1. The van der Waals surface area contributed by atoms with Crippen LogP contribution in [-0.4, -0.2) is 20.1 Å². The number of aromatic hydroxyl groups is 1. The van der Waals surface area contributed by atoms with E-state index in [1.165, 1.54) is 10.4 Å². The third kappa shape index (κ3) is 2.05. The van der Waals surface area contributed by atoms with Gasteiger partial charge in [0.15, 0.2) is 0 Å². The van der Waals surface area contributed by atoms with Crippen LogP contribution in [0.5, 0.6) is 5.75 Å². The van der Waals surface area contributed by atoms with Gasteiger partial charge >= 0.3 is 0 Å². The van der Waals surface area contributed by atoms with Gasteiger partial charge in [-0.25, -0.2) is 0 Å². The van der Waals surface area contributed by atoms with Gasteiger partial charge in [-0.05, 0) is 48.7 Å². The molecule has 0 saturated heterocycles. The number of phenols is 1. The van der Waals surface area contributed by atoms with E-state index in [4.69, 9.17) is 0 Å². The van der Waals surface area contributed by atoms with Crippen LogP contribution in [0.4, 0.5) is 0 Å². The zero-order chi connectivity index (χ0) is 13.4. The molecule has 0 radical (unpaired) electrons. The highest BCUT2D eigenvalue weighted by Crippen LogP contribution is 2.23. The lowest BCUT2D eigenvalue weighted by Gasteiger charge is -2.03. The van der Waals surface area contributed by atoms with Crippen LogP contribution in [0.3, 0.4) is 0 Å². The van der Waals surface area contributed by atoms with Crippen LogP contribution >= 0.6 is 0 Å². The predicted molar refractivity (Wildman–Crippen MR) is 74.6 cm³/mol. The zero-order valence-electron chi connectivity index (χ0n) is 11.0. The second-order valence-electron chi connectivity index (χ2n) is 4.66. The van der Waals surface area contributed by atoms with Crippen LogP contribution in [0.2, 0.25) is 0 Å². The summed E-state index contributed by atoms with van der Waals surface area (Å²) in [4.78, 5) is 1.48. The van der Waals surface area contributed by atoms with Crippen molar-refractivity contribution in [3.63, 3.8) is 0 Å². The van der Waals surface area contributed by atoms with Gasteiger partial charge < -0.3 is 5.11 Å². The molecule has 0 aliphatic carbocycles. The lowest BCUT2D eigenvalue weighted by molar-refractivity contribution is 0.467. The summed E-state index contributed by atoms with van der Waals surface area (Å²) in [5, 5.41) is 18.8. The van der Waals surface area contributed by atoms with Crippen LogP contribution in [0.1, 0.15) is 18.1 Å². The van der Waals surface area contributed by atoms with Gasteiger partial charge in [-0.1, -0.05) is 19.1 Å². The Bertz CT molecular complexity index is 746. The van der Waals surface area contributed by atoms with Crippen molar-refractivity contribution >= 4 is 11.0 Å². The Morgan fingerprint density at radius 3 is 2.58 bits per heavy atom. The molecule has 3 aromatic rings. The van der Waals surface area contributed by atoms with Gasteiger partial charge in [0.05, 0.1) is 0 Å². The average Bonchev–Trinajstić information content (AvgIpc) is 2.80. The van der Waals surface area contributed by atoms with E-state index in [0.29, 0.717) is 5.69 Å². The van der Waals surface area contributed by atoms with Crippen LogP contribution in [-0.2, 0) is 6.42 Å². The molecule has 0 bridgehead atoms. The molecular weight excluding hydrogens is 238 g/mol. The summed E-state index contributed by atoms with van der Waals surface area (Å²) in [6.07, 6.45) is 0.971. The summed E-state index contributed by atoms with van der Waals surface area (Å²) < 4.78 is 0. The molecule has 0 amide bonds. The Morgan fingerprint density at radius 2 is 1.84 bits per heavy atom. The molecule has 0 fully saturated rings. The summed E-state index contributed by atoms with van der Waals surface area (Å²) >= 11 is 0. The Morgan fingerprint density at radius 1 is 1.05 bits per heavy atom. The van der Waals surface area contributed by atoms with Crippen molar-refractivity contribution < 1.29 is 5.11 Å². The van der Waals surface area contributed by atoms with Gasteiger partial charge in [-0.3, -0.25) is 0 Å². The van der Waals surface area contributed by atoms with Crippen molar-refractivity contribution in [2.24, 2.45) is 0 Å². The Labute approximate surface area is 111 Å². The molecule has 3 rings (SSSR count). The van der Waals surface area contributed by atoms with Crippen molar-refractivity contribution in [1.29, 1.82) is 0 Å². The van der Waals surface area contributed by atoms with E-state index in [0.717, 1.165) is 23.0 Å². The van der Waals surface area contributed by atoms with E-state index in [1.807, 2.05) is 31.2 Å². The molecule has 4 nitrogen and oxygen atoms in total. The minimum atomic E-state index is 0.191. The molecular formula is C15H15N3O. The maximum absolute atomic E-state index is 9.97. The minimum Gasteiger partial charge on any atom is -0.506 e. The smallest absolute Gasteiger partial charge is 0.143 e. The molecule has 1 heterocycles. The first-order valence-corrected chi connectivity index (χ1v) is 6.33. The molecule has 2 aromatic carbocycles. The predicted octanol–water partition coefficient (Wildman–Crippen LogP) is 3.00. The highest BCUT2D eigenvalue weighted by Gasteiger charge is 2.09. The molecule has 0 spiro atoms. The van der Waals surface area contributed by atoms with Crippen molar-refractivity contribution in [1.82, 2.24) is 15.0 Å². The lowest BCUT2D eigenvalue weighted by Crippen LogP contribution is -1.98. The molecule has 1 aromatic heterocycles. The maximum atomic E-state index is 9.97. The normalized spacial score (nSPS) is 11.1. The van der Waals surface area contributed by atoms with Crippen molar-refractivity contribution in [2.75, 3.05) is 0 Å². The fraction of sp³-hybridized carbons (Fsp3) is 0.200. The number of aromatic nitrogens is 3. The van der Waals surface area contributed by atoms with Crippen molar-refractivity contribution in [2.45, 2.75) is 20.3 Å². The Kier molecular flexibility index (Phi) is 2.71. The monoisotopic (exact) mass is 253 g/mol. The van der Waals surface area contributed by atoms with E-state index in [-0.39, 0.29) is 5.75 Å². The van der Waals surface area contributed by atoms with Crippen LogP contribution in [0.25, 0.3) is 16.7 Å². The maximum Gasteiger partial charge on any atom is 0.143 e. The van der Waals surface area contributed by atoms with E-state index < -0.39 is 0 Å². The topological polar surface area (TPSA) is 50.9 Å². The first-order valence-electron chi connectivity index (χ1n) is 6.33. The van der Waals surface area contributed by atoms with Crippen LogP contribution in [0.15, 0.2) is 36.4 Å². The van der Waals surface area contributed by atoms with Gasteiger partial charge in [-0.15, -0.1) is 15.0 Å². The van der Waals surface area contributed by atoms with Crippen LogP contribution in [0, 0.1) is 6.92 Å². The van der Waals surface area contributed by atoms with E-state index in [2.05, 4.69) is 23.2 Å². The standard InChI is InChI=1S/C15H15N3O/c1-3-11-5-6-12-13(9-11)17-18(16-12)14-7-4-10(2)8-15(14)19/h4-9,19H,3H2,1-2H3. The highest BCUT2D eigenvalue weighted by molar-refractivity contribution is 5.74. The quantitative estimate of drug-likeness (QED) is 0.763. The number of aryl methyl sites for hydroxylation is 2. The second kappa shape index (κ2) is 4.39. The Hall–Kier alpha value is -2.36. The molecule has 4 heteroatoms. The first kappa shape index (κ1) is 11.7. The SMILES string of the molecule is CCc1ccc2nn(-c3ccc(C)cc3O)nc2c1. The van der Waals surface area contributed by atoms with E-state index >= 15 is 0 Å². The summed E-state index contributed by atoms with van der Waals surface area (Å²) in [5.74, 6) is 0.191. The number of hydrogen-bond acceptors (Lipinski definition) is 3. The third-order valence-electron chi connectivity index (χ3n) is 3.20. The molecule has 0 unspecified atom stereocenters. The summed E-state index contributed by atoms with van der Waals surface area (Å²) in [7, 11) is 0. The molecule has 0 atom stereocenters. The molecule has 0 aliphatic heterocycles. The summed E-state index contributed by atoms with van der Waals surface area (Å²) in [5.41, 5.74) is 4.51. The number of phenolic OH excluding ortho intramolecular Hbond substituents is 1. The first-order chi connectivity index (χ1) is 9.17. The van der Waals surface area contributed by atoms with Gasteiger partial charge in [0.1, 0.15) is 22.5 Å². The number of fused-ring (bicyclic) bond motifs is 1. The molecule has 0 aliphatic rings. The number of nitrogens with zero attached hydrogens (tertiary/aromatic N) is 3. The minimum absolute atomic E-state index is 0.191. The third-order valence-corrected chi connectivity index (χ3v) is 3.20. The van der Waals surface area contributed by atoms with E-state index in [1.54, 1.807) is 6.07 Å². The second-order valence-corrected chi connectivity index (χ2v) is 4.66. The molecule has 1 N–H and O–H groups in total.